The summed E-state index contributed by atoms with van der Waals surface area (Å²) >= 11 is 7.07. The Bertz CT molecular complexity index is 1160. The Balaban J connectivity index is 1.81. The maximum atomic E-state index is 13.3. The quantitative estimate of drug-likeness (QED) is 0.372. The van der Waals surface area contributed by atoms with Crippen LogP contribution in [0.4, 0.5) is 0 Å². The zero-order valence-electron chi connectivity index (χ0n) is 19.2. The third kappa shape index (κ3) is 6.81. The summed E-state index contributed by atoms with van der Waals surface area (Å²) < 4.78 is 7.61. The molecule has 0 aliphatic carbocycles. The van der Waals surface area contributed by atoms with E-state index in [1.165, 1.54) is 0 Å². The molecule has 1 N–H and O–H groups in total. The van der Waals surface area contributed by atoms with Gasteiger partial charge in [0.15, 0.2) is 6.61 Å². The highest BCUT2D eigenvalue weighted by atomic mass is 79.9. The van der Waals surface area contributed by atoms with Gasteiger partial charge >= 0.3 is 0 Å². The van der Waals surface area contributed by atoms with E-state index in [9.17, 15) is 9.59 Å². The average Bonchev–Trinajstić information content (AvgIpc) is 2.75. The molecule has 0 heterocycles. The van der Waals surface area contributed by atoms with Gasteiger partial charge in [0.1, 0.15) is 11.8 Å². The third-order valence-electron chi connectivity index (χ3n) is 5.09. The number of nitrogens with zero attached hydrogens (tertiary/aromatic N) is 1. The monoisotopic (exact) mass is 574 g/mol. The molecule has 0 spiro atoms. The SMILES string of the molecule is C[C@H](C(=O)NC(C)(C)C)N(Cc1cccc(Br)c1)C(=O)COc1ccc2ccccc2c1Br. The van der Waals surface area contributed by atoms with Crippen LogP contribution in [0.25, 0.3) is 10.8 Å². The number of hydrogen-bond acceptors (Lipinski definition) is 3. The smallest absolute Gasteiger partial charge is 0.261 e. The van der Waals surface area contributed by atoms with Crippen molar-refractivity contribution in [2.75, 3.05) is 6.61 Å². The van der Waals surface area contributed by atoms with Gasteiger partial charge < -0.3 is 15.0 Å². The molecule has 33 heavy (non-hydrogen) atoms. The van der Waals surface area contributed by atoms with E-state index in [2.05, 4.69) is 37.2 Å². The van der Waals surface area contributed by atoms with Crippen LogP contribution in [-0.4, -0.2) is 34.9 Å². The topological polar surface area (TPSA) is 58.6 Å². The van der Waals surface area contributed by atoms with Crippen molar-refractivity contribution in [2.45, 2.75) is 45.8 Å². The number of amides is 2. The van der Waals surface area contributed by atoms with Crippen molar-refractivity contribution in [2.24, 2.45) is 0 Å². The van der Waals surface area contributed by atoms with Crippen molar-refractivity contribution in [1.82, 2.24) is 10.2 Å². The second-order valence-electron chi connectivity index (χ2n) is 8.95. The number of fused-ring (bicyclic) bond motifs is 1. The zero-order valence-corrected chi connectivity index (χ0v) is 22.4. The number of ether oxygens (including phenoxy) is 1. The van der Waals surface area contributed by atoms with Crippen LogP contribution in [0.1, 0.15) is 33.3 Å². The molecule has 0 aliphatic rings. The summed E-state index contributed by atoms with van der Waals surface area (Å²) in [7, 11) is 0. The molecular formula is C26H28Br2N2O3. The lowest BCUT2D eigenvalue weighted by molar-refractivity contribution is -0.142. The molecule has 3 rings (SSSR count). The molecule has 5 nitrogen and oxygen atoms in total. The normalized spacial score (nSPS) is 12.3. The fourth-order valence-corrected chi connectivity index (χ4v) is 4.49. The molecule has 0 radical (unpaired) electrons. The van der Waals surface area contributed by atoms with Crippen molar-refractivity contribution in [3.63, 3.8) is 0 Å². The second-order valence-corrected chi connectivity index (χ2v) is 10.7. The minimum atomic E-state index is -0.667. The number of hydrogen-bond donors (Lipinski definition) is 1. The molecule has 2 amide bonds. The van der Waals surface area contributed by atoms with E-state index >= 15 is 0 Å². The van der Waals surface area contributed by atoms with Crippen molar-refractivity contribution >= 4 is 54.4 Å². The highest BCUT2D eigenvalue weighted by Gasteiger charge is 2.29. The molecule has 0 saturated carbocycles. The second kappa shape index (κ2) is 10.7. The molecule has 0 aromatic heterocycles. The van der Waals surface area contributed by atoms with Gasteiger partial charge in [-0.1, -0.05) is 58.4 Å². The fraction of sp³-hybridized carbons (Fsp3) is 0.308. The number of halogens is 2. The van der Waals surface area contributed by atoms with Gasteiger partial charge in [-0.3, -0.25) is 9.59 Å². The van der Waals surface area contributed by atoms with Crippen LogP contribution in [0.2, 0.25) is 0 Å². The van der Waals surface area contributed by atoms with E-state index < -0.39 is 11.6 Å². The predicted octanol–water partition coefficient (Wildman–Crippen LogP) is 6.08. The van der Waals surface area contributed by atoms with Gasteiger partial charge in [-0.2, -0.15) is 0 Å². The van der Waals surface area contributed by atoms with Crippen LogP contribution in [-0.2, 0) is 16.1 Å². The van der Waals surface area contributed by atoms with Crippen LogP contribution >= 0.6 is 31.9 Å². The van der Waals surface area contributed by atoms with Gasteiger partial charge in [0.25, 0.3) is 5.91 Å². The minimum absolute atomic E-state index is 0.182. The Morgan fingerprint density at radius 1 is 1.03 bits per heavy atom. The molecule has 1 atom stereocenters. The summed E-state index contributed by atoms with van der Waals surface area (Å²) in [5.74, 6) is 0.0978. The molecule has 3 aromatic carbocycles. The Kier molecular flexibility index (Phi) is 8.19. The summed E-state index contributed by atoms with van der Waals surface area (Å²) in [6.45, 7) is 7.59. The average molecular weight is 576 g/mol. The first kappa shape index (κ1) is 25.2. The summed E-state index contributed by atoms with van der Waals surface area (Å²) in [4.78, 5) is 27.7. The molecule has 0 fully saturated rings. The van der Waals surface area contributed by atoms with Crippen LogP contribution < -0.4 is 10.1 Å². The Labute approximate surface area is 211 Å². The molecule has 174 valence electrons. The van der Waals surface area contributed by atoms with Gasteiger partial charge in [-0.15, -0.1) is 0 Å². The van der Waals surface area contributed by atoms with Gasteiger partial charge in [0.05, 0.1) is 4.47 Å². The number of benzene rings is 3. The molecule has 0 bridgehead atoms. The number of carbonyl (C=O) groups is 2. The van der Waals surface area contributed by atoms with Crippen molar-refractivity contribution in [3.05, 3.63) is 75.2 Å². The van der Waals surface area contributed by atoms with E-state index in [1.54, 1.807) is 11.8 Å². The highest BCUT2D eigenvalue weighted by Crippen LogP contribution is 2.33. The molecular weight excluding hydrogens is 548 g/mol. The summed E-state index contributed by atoms with van der Waals surface area (Å²) in [6.07, 6.45) is 0. The van der Waals surface area contributed by atoms with Gasteiger partial charge in [-0.25, -0.2) is 0 Å². The lowest BCUT2D eigenvalue weighted by Crippen LogP contribution is -2.53. The van der Waals surface area contributed by atoms with Crippen molar-refractivity contribution < 1.29 is 14.3 Å². The summed E-state index contributed by atoms with van der Waals surface area (Å²) in [5, 5.41) is 5.05. The van der Waals surface area contributed by atoms with Gasteiger partial charge in [0.2, 0.25) is 5.91 Å². The molecule has 0 aliphatic heterocycles. The number of carbonyl (C=O) groups excluding carboxylic acids is 2. The van der Waals surface area contributed by atoms with Gasteiger partial charge in [0, 0.05) is 16.6 Å². The Hall–Kier alpha value is -2.38. The van der Waals surface area contributed by atoms with Crippen LogP contribution in [0, 0.1) is 0 Å². The van der Waals surface area contributed by atoms with Crippen molar-refractivity contribution in [3.8, 4) is 5.75 Å². The highest BCUT2D eigenvalue weighted by molar-refractivity contribution is 9.11. The molecule has 3 aromatic rings. The maximum absolute atomic E-state index is 13.3. The number of rotatable bonds is 7. The van der Waals surface area contributed by atoms with Crippen LogP contribution in [0.5, 0.6) is 5.75 Å². The first-order valence-electron chi connectivity index (χ1n) is 10.7. The van der Waals surface area contributed by atoms with Crippen LogP contribution in [0.15, 0.2) is 69.6 Å². The van der Waals surface area contributed by atoms with E-state index in [0.29, 0.717) is 12.3 Å². The molecule has 7 heteroatoms. The Morgan fingerprint density at radius 3 is 2.45 bits per heavy atom. The predicted molar refractivity (Wildman–Crippen MR) is 139 cm³/mol. The van der Waals surface area contributed by atoms with E-state index in [0.717, 1.165) is 25.3 Å². The van der Waals surface area contributed by atoms with Crippen molar-refractivity contribution in [1.29, 1.82) is 0 Å². The Morgan fingerprint density at radius 2 is 1.76 bits per heavy atom. The maximum Gasteiger partial charge on any atom is 0.261 e. The first-order chi connectivity index (χ1) is 15.5. The third-order valence-corrected chi connectivity index (χ3v) is 6.40. The fourth-order valence-electron chi connectivity index (χ4n) is 3.44. The zero-order chi connectivity index (χ0) is 24.2. The van der Waals surface area contributed by atoms with E-state index in [4.69, 9.17) is 4.74 Å². The summed E-state index contributed by atoms with van der Waals surface area (Å²) in [5.41, 5.74) is 0.516. The molecule has 0 saturated heterocycles. The van der Waals surface area contributed by atoms with E-state index in [-0.39, 0.29) is 18.4 Å². The van der Waals surface area contributed by atoms with Crippen LogP contribution in [0.3, 0.4) is 0 Å². The number of nitrogens with one attached hydrogen (secondary N) is 1. The van der Waals surface area contributed by atoms with Gasteiger partial charge in [-0.05, 0) is 78.2 Å². The minimum Gasteiger partial charge on any atom is -0.483 e. The first-order valence-corrected chi connectivity index (χ1v) is 12.3. The summed E-state index contributed by atoms with van der Waals surface area (Å²) in [6, 6.07) is 18.8. The van der Waals surface area contributed by atoms with E-state index in [1.807, 2.05) is 81.4 Å². The largest absolute Gasteiger partial charge is 0.483 e. The lowest BCUT2D eigenvalue weighted by Gasteiger charge is -2.31. The lowest BCUT2D eigenvalue weighted by atomic mass is 10.1. The standard InChI is InChI=1S/C26H28Br2N2O3/c1-17(25(32)29-26(2,3)4)30(15-18-8-7-10-20(27)14-18)23(31)16-33-22-13-12-19-9-5-6-11-21(19)24(22)28/h5-14,17H,15-16H2,1-4H3,(H,29,32)/t17-/m1/s1. The molecule has 0 unspecified atom stereocenters.